The van der Waals surface area contributed by atoms with Gasteiger partial charge in [-0.25, -0.2) is 0 Å². The zero-order chi connectivity index (χ0) is 13.4. The maximum Gasteiger partial charge on any atom is 0.0559 e. The molecule has 18 heavy (non-hydrogen) atoms. The zero-order valence-electron chi connectivity index (χ0n) is 10.8. The van der Waals surface area contributed by atoms with E-state index in [1.54, 1.807) is 5.01 Å². The van der Waals surface area contributed by atoms with Gasteiger partial charge in [0.15, 0.2) is 0 Å². The third-order valence-corrected chi connectivity index (χ3v) is 2.47. The fourth-order valence-corrected chi connectivity index (χ4v) is 1.46. The van der Waals surface area contributed by atoms with E-state index in [4.69, 9.17) is 11.6 Å². The summed E-state index contributed by atoms with van der Waals surface area (Å²) in [6.07, 6.45) is 0. The quantitative estimate of drug-likeness (QED) is 0.430. The van der Waals surface area contributed by atoms with Crippen LogP contribution in [0.15, 0.2) is 54.6 Å². The molecule has 0 aromatic heterocycles. The van der Waals surface area contributed by atoms with Gasteiger partial charge in [-0.1, -0.05) is 36.4 Å². The molecule has 5 N–H and O–H groups in total. The second-order valence-electron chi connectivity index (χ2n) is 3.89. The van der Waals surface area contributed by atoms with Crippen molar-refractivity contribution in [2.75, 3.05) is 17.8 Å². The summed E-state index contributed by atoms with van der Waals surface area (Å²) < 4.78 is 0. The van der Waals surface area contributed by atoms with Crippen molar-refractivity contribution in [1.82, 2.24) is 5.53 Å². The first-order chi connectivity index (χ1) is 8.65. The molecule has 2 aromatic carbocycles. The molecule has 4 heteroatoms. The number of nitrogens with one attached hydrogen (secondary N) is 1. The van der Waals surface area contributed by atoms with E-state index >= 15 is 0 Å². The van der Waals surface area contributed by atoms with Crippen molar-refractivity contribution in [3.05, 3.63) is 60.2 Å². The molecule has 96 valence electrons. The Morgan fingerprint density at radius 1 is 0.944 bits per heavy atom. The Morgan fingerprint density at radius 3 is 1.94 bits per heavy atom. The summed E-state index contributed by atoms with van der Waals surface area (Å²) in [6, 6.07) is 17.5. The second kappa shape index (κ2) is 7.32. The maximum absolute atomic E-state index is 5.36. The van der Waals surface area contributed by atoms with Crippen LogP contribution < -0.4 is 22.1 Å². The van der Waals surface area contributed by atoms with E-state index in [9.17, 15) is 0 Å². The van der Waals surface area contributed by atoms with Crippen LogP contribution in [0.3, 0.4) is 0 Å². The fourth-order valence-electron chi connectivity index (χ4n) is 1.46. The predicted molar refractivity (Wildman–Crippen MR) is 77.8 cm³/mol. The lowest BCUT2D eigenvalue weighted by atomic mass is 10.2. The third kappa shape index (κ3) is 4.45. The average molecular weight is 244 g/mol. The molecule has 0 atom stereocenters. The minimum atomic E-state index is 0.822. The number of hydrazine groups is 2. The van der Waals surface area contributed by atoms with E-state index in [1.807, 2.05) is 68.6 Å². The van der Waals surface area contributed by atoms with E-state index < -0.39 is 0 Å². The van der Waals surface area contributed by atoms with Gasteiger partial charge in [0.25, 0.3) is 0 Å². The zero-order valence-corrected chi connectivity index (χ0v) is 10.8. The molecule has 0 radical (unpaired) electrons. The summed E-state index contributed by atoms with van der Waals surface area (Å²) in [7, 11) is 1.88. The van der Waals surface area contributed by atoms with E-state index in [2.05, 4.69) is 5.53 Å². The number of para-hydroxylation sites is 2. The Kier molecular flexibility index (Phi) is 5.70. The molecule has 2 aromatic rings. The molecular formula is C14H20N4. The topological polar surface area (TPSA) is 67.3 Å². The van der Waals surface area contributed by atoms with Crippen LogP contribution in [0.25, 0.3) is 0 Å². The molecule has 0 aliphatic carbocycles. The molecule has 0 bridgehead atoms. The maximum atomic E-state index is 5.36. The Morgan fingerprint density at radius 2 is 1.50 bits per heavy atom. The van der Waals surface area contributed by atoms with Crippen LogP contribution in [-0.4, -0.2) is 7.05 Å². The highest BCUT2D eigenvalue weighted by Crippen LogP contribution is 2.14. The van der Waals surface area contributed by atoms with Crippen molar-refractivity contribution in [3.8, 4) is 0 Å². The van der Waals surface area contributed by atoms with E-state index in [1.165, 1.54) is 5.56 Å². The molecule has 2 rings (SSSR count). The van der Waals surface area contributed by atoms with Gasteiger partial charge >= 0.3 is 0 Å². The van der Waals surface area contributed by atoms with Gasteiger partial charge in [0.1, 0.15) is 0 Å². The van der Waals surface area contributed by atoms with Gasteiger partial charge in [-0.15, -0.1) is 0 Å². The van der Waals surface area contributed by atoms with Gasteiger partial charge in [0.2, 0.25) is 0 Å². The molecule has 0 aliphatic rings. The average Bonchev–Trinajstić information content (AvgIpc) is 2.40. The summed E-state index contributed by atoms with van der Waals surface area (Å²) in [5, 5.41) is 1.77. The summed E-state index contributed by atoms with van der Waals surface area (Å²) in [5.74, 6) is 5.25. The number of hydrogen-bond acceptors (Lipinski definition) is 4. The summed E-state index contributed by atoms with van der Waals surface area (Å²) in [5.41, 5.74) is 11.0. The Balaban J connectivity index is 0.000000199. The Labute approximate surface area is 108 Å². The Bertz CT molecular complexity index is 456. The lowest BCUT2D eigenvalue weighted by Gasteiger charge is -2.18. The standard InChI is InChI=1S/C8H13N3.C6H7N/c1-7-5-3-4-6-8(7)11(2)10-9;7-6-4-2-1-3-5-6/h3-6,10H,9H2,1-2H3;1-5H,7H2. The van der Waals surface area contributed by atoms with Crippen LogP contribution in [0, 0.1) is 6.92 Å². The van der Waals surface area contributed by atoms with Crippen molar-refractivity contribution in [2.24, 2.45) is 5.84 Å². The fraction of sp³-hybridized carbons (Fsp3) is 0.143. The molecule has 0 saturated heterocycles. The number of benzene rings is 2. The van der Waals surface area contributed by atoms with Gasteiger partial charge in [-0.05, 0) is 30.7 Å². The van der Waals surface area contributed by atoms with Gasteiger partial charge in [0.05, 0.1) is 5.69 Å². The van der Waals surface area contributed by atoms with E-state index in [0.717, 1.165) is 11.4 Å². The number of rotatable bonds is 2. The minimum absolute atomic E-state index is 0.822. The number of nitrogens with two attached hydrogens (primary N) is 2. The molecule has 0 aliphatic heterocycles. The van der Waals surface area contributed by atoms with Crippen molar-refractivity contribution < 1.29 is 0 Å². The smallest absolute Gasteiger partial charge is 0.0559 e. The number of nitrogen functional groups attached to an aromatic ring is 1. The SMILES string of the molecule is Cc1ccccc1N(C)NN.Nc1ccccc1. The number of anilines is 2. The molecule has 0 heterocycles. The van der Waals surface area contributed by atoms with Crippen LogP contribution in [0.2, 0.25) is 0 Å². The molecule has 0 unspecified atom stereocenters. The lowest BCUT2D eigenvalue weighted by molar-refractivity contribution is 0.719. The summed E-state index contributed by atoms with van der Waals surface area (Å²) in [4.78, 5) is 0. The molecular weight excluding hydrogens is 224 g/mol. The van der Waals surface area contributed by atoms with Crippen LogP contribution >= 0.6 is 0 Å². The van der Waals surface area contributed by atoms with Gasteiger partial charge in [-0.2, -0.15) is 5.53 Å². The first-order valence-corrected chi connectivity index (χ1v) is 5.71. The van der Waals surface area contributed by atoms with E-state index in [0.29, 0.717) is 0 Å². The number of nitrogens with zero attached hydrogens (tertiary/aromatic N) is 1. The van der Waals surface area contributed by atoms with Crippen LogP contribution in [-0.2, 0) is 0 Å². The van der Waals surface area contributed by atoms with Crippen LogP contribution in [0.1, 0.15) is 5.56 Å². The molecule has 0 fully saturated rings. The van der Waals surface area contributed by atoms with Crippen molar-refractivity contribution in [1.29, 1.82) is 0 Å². The first kappa shape index (κ1) is 14.0. The van der Waals surface area contributed by atoms with Gasteiger partial charge < -0.3 is 5.73 Å². The van der Waals surface area contributed by atoms with E-state index in [-0.39, 0.29) is 0 Å². The normalized spacial score (nSPS) is 9.28. The predicted octanol–water partition coefficient (Wildman–Crippen LogP) is 2.08. The molecule has 0 amide bonds. The second-order valence-corrected chi connectivity index (χ2v) is 3.89. The van der Waals surface area contributed by atoms with Crippen molar-refractivity contribution in [2.45, 2.75) is 6.92 Å². The monoisotopic (exact) mass is 244 g/mol. The highest BCUT2D eigenvalue weighted by molar-refractivity contribution is 5.51. The van der Waals surface area contributed by atoms with Gasteiger partial charge in [-0.3, -0.25) is 10.9 Å². The van der Waals surface area contributed by atoms with Crippen molar-refractivity contribution >= 4 is 11.4 Å². The first-order valence-electron chi connectivity index (χ1n) is 5.71. The highest BCUT2D eigenvalue weighted by Gasteiger charge is 1.99. The largest absolute Gasteiger partial charge is 0.399 e. The minimum Gasteiger partial charge on any atom is -0.399 e. The molecule has 0 spiro atoms. The van der Waals surface area contributed by atoms with Crippen LogP contribution in [0.5, 0.6) is 0 Å². The Hall–Kier alpha value is -2.04. The van der Waals surface area contributed by atoms with Crippen LogP contribution in [0.4, 0.5) is 11.4 Å². The third-order valence-electron chi connectivity index (χ3n) is 2.47. The summed E-state index contributed by atoms with van der Waals surface area (Å²) in [6.45, 7) is 2.04. The summed E-state index contributed by atoms with van der Waals surface area (Å²) >= 11 is 0. The molecule has 0 saturated carbocycles. The number of aryl methyl sites for hydroxylation is 1. The lowest BCUT2D eigenvalue weighted by Crippen LogP contribution is -2.40. The van der Waals surface area contributed by atoms with Gasteiger partial charge in [0, 0.05) is 12.7 Å². The molecule has 4 nitrogen and oxygen atoms in total. The highest BCUT2D eigenvalue weighted by atomic mass is 15.6. The van der Waals surface area contributed by atoms with Crippen molar-refractivity contribution in [3.63, 3.8) is 0 Å². The number of hydrogen-bond donors (Lipinski definition) is 3.